The molecule has 0 aliphatic heterocycles. The van der Waals surface area contributed by atoms with Crippen molar-refractivity contribution in [2.75, 3.05) is 13.1 Å². The zero-order valence-corrected chi connectivity index (χ0v) is 12.0. The molecule has 5 heteroatoms. The van der Waals surface area contributed by atoms with Crippen LogP contribution in [0.1, 0.15) is 19.4 Å². The van der Waals surface area contributed by atoms with Gasteiger partial charge in [0, 0.05) is 25.5 Å². The molecule has 106 valence electrons. The van der Waals surface area contributed by atoms with Crippen LogP contribution < -0.4 is 10.6 Å². The number of para-hydroxylation sites is 1. The molecular formula is C15H21N5. The van der Waals surface area contributed by atoms with Crippen LogP contribution in [0.3, 0.4) is 0 Å². The molecule has 20 heavy (non-hydrogen) atoms. The maximum absolute atomic E-state index is 4.60. The Balaban J connectivity index is 2.19. The Hall–Kier alpha value is -2.30. The molecule has 2 aromatic rings. The Morgan fingerprint density at radius 1 is 1.15 bits per heavy atom. The smallest absolute Gasteiger partial charge is 0.191 e. The molecule has 5 nitrogen and oxygen atoms in total. The van der Waals surface area contributed by atoms with Crippen LogP contribution in [0.25, 0.3) is 5.69 Å². The summed E-state index contributed by atoms with van der Waals surface area (Å²) in [4.78, 5) is 4.60. The summed E-state index contributed by atoms with van der Waals surface area (Å²) in [5, 5.41) is 10.7. The van der Waals surface area contributed by atoms with Gasteiger partial charge in [-0.15, -0.1) is 0 Å². The highest BCUT2D eigenvalue weighted by atomic mass is 15.3. The summed E-state index contributed by atoms with van der Waals surface area (Å²) in [5.41, 5.74) is 2.21. The fourth-order valence-corrected chi connectivity index (χ4v) is 1.95. The van der Waals surface area contributed by atoms with Crippen LogP contribution in [-0.2, 0) is 6.54 Å². The lowest BCUT2D eigenvalue weighted by molar-refractivity contribution is 0.828. The van der Waals surface area contributed by atoms with Gasteiger partial charge in [-0.2, -0.15) is 5.10 Å². The normalized spacial score (nSPS) is 10.1. The molecule has 1 aromatic carbocycles. The van der Waals surface area contributed by atoms with Gasteiger partial charge in [0.25, 0.3) is 0 Å². The molecule has 0 amide bonds. The Morgan fingerprint density at radius 2 is 1.90 bits per heavy atom. The highest BCUT2D eigenvalue weighted by molar-refractivity contribution is 5.79. The van der Waals surface area contributed by atoms with Crippen molar-refractivity contribution in [3.63, 3.8) is 0 Å². The monoisotopic (exact) mass is 271 g/mol. The molecule has 1 aromatic heterocycles. The van der Waals surface area contributed by atoms with E-state index in [9.17, 15) is 0 Å². The number of nitrogens with one attached hydrogen (secondary N) is 2. The van der Waals surface area contributed by atoms with E-state index in [-0.39, 0.29) is 0 Å². The van der Waals surface area contributed by atoms with Gasteiger partial charge in [-0.25, -0.2) is 9.67 Å². The summed E-state index contributed by atoms with van der Waals surface area (Å²) >= 11 is 0. The summed E-state index contributed by atoms with van der Waals surface area (Å²) in [7, 11) is 0. The van der Waals surface area contributed by atoms with Gasteiger partial charge in [0.2, 0.25) is 0 Å². The fourth-order valence-electron chi connectivity index (χ4n) is 1.95. The number of benzene rings is 1. The largest absolute Gasteiger partial charge is 0.357 e. The molecule has 0 saturated heterocycles. The fraction of sp³-hybridized carbons (Fsp3) is 0.333. The zero-order chi connectivity index (χ0) is 14.2. The number of nitrogens with zero attached hydrogens (tertiary/aromatic N) is 3. The second-order valence-corrected chi connectivity index (χ2v) is 4.30. The average molecular weight is 271 g/mol. The predicted molar refractivity (Wildman–Crippen MR) is 82.1 cm³/mol. The van der Waals surface area contributed by atoms with E-state index < -0.39 is 0 Å². The van der Waals surface area contributed by atoms with Crippen molar-refractivity contribution in [3.8, 4) is 5.69 Å². The van der Waals surface area contributed by atoms with Crippen molar-refractivity contribution in [2.24, 2.45) is 4.99 Å². The van der Waals surface area contributed by atoms with E-state index in [1.54, 1.807) is 6.20 Å². The maximum atomic E-state index is 4.60. The molecule has 0 bridgehead atoms. The molecule has 0 aliphatic rings. The molecule has 1 heterocycles. The van der Waals surface area contributed by atoms with Crippen molar-refractivity contribution in [3.05, 3.63) is 48.3 Å². The molecule has 0 aliphatic carbocycles. The summed E-state index contributed by atoms with van der Waals surface area (Å²) in [6, 6.07) is 10.1. The van der Waals surface area contributed by atoms with Crippen LogP contribution in [0.15, 0.2) is 47.7 Å². The van der Waals surface area contributed by atoms with Crippen LogP contribution in [0, 0.1) is 0 Å². The molecule has 2 N–H and O–H groups in total. The van der Waals surface area contributed by atoms with E-state index >= 15 is 0 Å². The summed E-state index contributed by atoms with van der Waals surface area (Å²) in [6.45, 7) is 6.44. The zero-order valence-electron chi connectivity index (χ0n) is 12.0. The first-order valence-corrected chi connectivity index (χ1v) is 6.95. The number of rotatable bonds is 5. The highest BCUT2D eigenvalue weighted by Gasteiger charge is 2.04. The third-order valence-corrected chi connectivity index (χ3v) is 2.84. The van der Waals surface area contributed by atoms with Gasteiger partial charge in [0.1, 0.15) is 0 Å². The summed E-state index contributed by atoms with van der Waals surface area (Å²) in [6.07, 6.45) is 3.72. The van der Waals surface area contributed by atoms with Gasteiger partial charge in [0.15, 0.2) is 5.96 Å². The van der Waals surface area contributed by atoms with Crippen LogP contribution in [-0.4, -0.2) is 28.8 Å². The second kappa shape index (κ2) is 7.33. The maximum Gasteiger partial charge on any atom is 0.191 e. The van der Waals surface area contributed by atoms with Crippen LogP contribution >= 0.6 is 0 Å². The van der Waals surface area contributed by atoms with E-state index in [1.807, 2.05) is 29.1 Å². The predicted octanol–water partition coefficient (Wildman–Crippen LogP) is 1.95. The van der Waals surface area contributed by atoms with Gasteiger partial charge in [0.05, 0.1) is 12.2 Å². The third kappa shape index (κ3) is 3.60. The highest BCUT2D eigenvalue weighted by Crippen LogP contribution is 2.14. The van der Waals surface area contributed by atoms with Crippen molar-refractivity contribution in [2.45, 2.75) is 20.4 Å². The minimum atomic E-state index is 0.616. The first kappa shape index (κ1) is 14.1. The minimum Gasteiger partial charge on any atom is -0.357 e. The standard InChI is InChI=1S/C15H21N5/c1-3-16-15(17-4-2)18-12-13-8-5-6-9-14(13)20-11-7-10-19-20/h5-11H,3-4,12H2,1-2H3,(H2,16,17,18). The average Bonchev–Trinajstić information content (AvgIpc) is 2.99. The van der Waals surface area contributed by atoms with Crippen LogP contribution in [0.4, 0.5) is 0 Å². The lowest BCUT2D eigenvalue weighted by atomic mass is 10.2. The van der Waals surface area contributed by atoms with Gasteiger partial charge >= 0.3 is 0 Å². The second-order valence-electron chi connectivity index (χ2n) is 4.30. The summed E-state index contributed by atoms with van der Waals surface area (Å²) < 4.78 is 1.87. The van der Waals surface area contributed by atoms with Crippen molar-refractivity contribution < 1.29 is 0 Å². The van der Waals surface area contributed by atoms with Crippen molar-refractivity contribution >= 4 is 5.96 Å². The SMILES string of the molecule is CCNC(=NCc1ccccc1-n1cccn1)NCC. The molecular weight excluding hydrogens is 250 g/mol. The Labute approximate surface area is 119 Å². The van der Waals surface area contributed by atoms with Gasteiger partial charge < -0.3 is 10.6 Å². The molecule has 0 unspecified atom stereocenters. The number of hydrogen-bond donors (Lipinski definition) is 2. The Morgan fingerprint density at radius 3 is 2.55 bits per heavy atom. The van der Waals surface area contributed by atoms with E-state index in [2.05, 4.69) is 46.7 Å². The lowest BCUT2D eigenvalue weighted by Crippen LogP contribution is -2.37. The molecule has 0 fully saturated rings. The molecule has 0 radical (unpaired) electrons. The van der Waals surface area contributed by atoms with E-state index in [0.29, 0.717) is 6.54 Å². The van der Waals surface area contributed by atoms with E-state index in [1.165, 1.54) is 0 Å². The topological polar surface area (TPSA) is 54.2 Å². The van der Waals surface area contributed by atoms with Gasteiger partial charge in [-0.3, -0.25) is 0 Å². The number of hydrogen-bond acceptors (Lipinski definition) is 2. The van der Waals surface area contributed by atoms with Crippen LogP contribution in [0.2, 0.25) is 0 Å². The quantitative estimate of drug-likeness (QED) is 0.645. The van der Waals surface area contributed by atoms with Gasteiger partial charge in [-0.1, -0.05) is 18.2 Å². The lowest BCUT2D eigenvalue weighted by Gasteiger charge is -2.11. The summed E-state index contributed by atoms with van der Waals surface area (Å²) in [5.74, 6) is 0.838. The van der Waals surface area contributed by atoms with Crippen LogP contribution in [0.5, 0.6) is 0 Å². The molecule has 0 saturated carbocycles. The molecule has 0 atom stereocenters. The Kier molecular flexibility index (Phi) is 5.17. The Bertz CT molecular complexity index is 537. The molecule has 0 spiro atoms. The third-order valence-electron chi connectivity index (χ3n) is 2.84. The molecule has 2 rings (SSSR count). The minimum absolute atomic E-state index is 0.616. The van der Waals surface area contributed by atoms with Gasteiger partial charge in [-0.05, 0) is 31.5 Å². The number of aliphatic imine (C=N–C) groups is 1. The number of aromatic nitrogens is 2. The first-order chi connectivity index (χ1) is 9.85. The van der Waals surface area contributed by atoms with Crippen molar-refractivity contribution in [1.29, 1.82) is 0 Å². The number of guanidine groups is 1. The van der Waals surface area contributed by atoms with E-state index in [0.717, 1.165) is 30.3 Å². The van der Waals surface area contributed by atoms with Crippen molar-refractivity contribution in [1.82, 2.24) is 20.4 Å². The van der Waals surface area contributed by atoms with E-state index in [4.69, 9.17) is 0 Å². The first-order valence-electron chi connectivity index (χ1n) is 6.95.